The van der Waals surface area contributed by atoms with Crippen molar-refractivity contribution in [2.24, 2.45) is 0 Å². The van der Waals surface area contributed by atoms with Gasteiger partial charge in [0.05, 0.1) is 39.1 Å². The average Bonchev–Trinajstić information content (AvgIpc) is 2.94. The maximum atomic E-state index is 12.8. The summed E-state index contributed by atoms with van der Waals surface area (Å²) in [5, 5.41) is 3.51. The summed E-state index contributed by atoms with van der Waals surface area (Å²) in [7, 11) is 1.57. The fourth-order valence-electron chi connectivity index (χ4n) is 4.03. The van der Waals surface area contributed by atoms with E-state index >= 15 is 0 Å². The summed E-state index contributed by atoms with van der Waals surface area (Å²) in [6.45, 7) is 4.08. The van der Waals surface area contributed by atoms with E-state index in [1.807, 2.05) is 30.0 Å². The molecule has 170 valence electrons. The van der Waals surface area contributed by atoms with Crippen molar-refractivity contribution in [3.63, 3.8) is 0 Å². The Bertz CT molecular complexity index is 1000. The number of nitrogens with one attached hydrogen (secondary N) is 1. The van der Waals surface area contributed by atoms with Gasteiger partial charge in [-0.05, 0) is 48.9 Å². The molecule has 1 N–H and O–H groups in total. The van der Waals surface area contributed by atoms with E-state index in [0.717, 1.165) is 5.56 Å². The van der Waals surface area contributed by atoms with Crippen molar-refractivity contribution in [2.45, 2.75) is 12.5 Å². The molecule has 1 spiro atoms. The maximum absolute atomic E-state index is 12.8. The molecular formula is C23H26ClN3O5. The lowest BCUT2D eigenvalue weighted by Crippen LogP contribution is -2.49. The highest BCUT2D eigenvalue weighted by atomic mass is 35.5. The summed E-state index contributed by atoms with van der Waals surface area (Å²) in [5.41, 5.74) is 1.49. The van der Waals surface area contributed by atoms with Crippen molar-refractivity contribution >= 4 is 35.0 Å². The summed E-state index contributed by atoms with van der Waals surface area (Å²) in [5.74, 6) is 0.424. The first kappa shape index (κ1) is 22.4. The number of aryl methyl sites for hydroxylation is 1. The molecule has 2 aromatic carbocycles. The molecule has 0 bridgehead atoms. The van der Waals surface area contributed by atoms with Crippen LogP contribution in [0.3, 0.4) is 0 Å². The number of benzene rings is 2. The number of carbonyl (C=O) groups is 2. The van der Waals surface area contributed by atoms with E-state index in [9.17, 15) is 9.59 Å². The lowest BCUT2D eigenvalue weighted by Gasteiger charge is -2.29. The highest BCUT2D eigenvalue weighted by Gasteiger charge is 2.48. The minimum Gasteiger partial charge on any atom is -0.495 e. The first-order chi connectivity index (χ1) is 15.4. The van der Waals surface area contributed by atoms with E-state index < -0.39 is 11.7 Å². The standard InChI is InChI=1S/C23H26ClN3O5/c1-16-3-8-20(30-2)19(11-16)25-21(28)12-26-9-10-31-15-23(13-26)14-27(22(29)32-23)18-6-4-17(24)5-7-18/h3-8,11H,9-10,12-15H2,1-2H3,(H,25,28). The molecule has 2 heterocycles. The lowest BCUT2D eigenvalue weighted by atomic mass is 10.0. The summed E-state index contributed by atoms with van der Waals surface area (Å²) in [4.78, 5) is 28.9. The lowest BCUT2D eigenvalue weighted by molar-refractivity contribution is -0.117. The third kappa shape index (κ3) is 4.98. The maximum Gasteiger partial charge on any atom is 0.415 e. The van der Waals surface area contributed by atoms with Crippen LogP contribution in [0.25, 0.3) is 0 Å². The number of ether oxygens (including phenoxy) is 3. The van der Waals surface area contributed by atoms with Gasteiger partial charge in [0.1, 0.15) is 5.75 Å². The number of anilines is 2. The van der Waals surface area contributed by atoms with Crippen molar-refractivity contribution in [2.75, 3.05) is 56.7 Å². The fraction of sp³-hybridized carbons (Fsp3) is 0.391. The van der Waals surface area contributed by atoms with E-state index in [2.05, 4.69) is 5.32 Å². The van der Waals surface area contributed by atoms with E-state index in [1.165, 1.54) is 0 Å². The molecule has 2 fully saturated rings. The second-order valence-electron chi connectivity index (χ2n) is 8.13. The number of carbonyl (C=O) groups excluding carboxylic acids is 2. The van der Waals surface area contributed by atoms with Gasteiger partial charge in [-0.15, -0.1) is 0 Å². The van der Waals surface area contributed by atoms with Crippen molar-refractivity contribution < 1.29 is 23.8 Å². The Balaban J connectivity index is 1.44. The van der Waals surface area contributed by atoms with Gasteiger partial charge in [0.15, 0.2) is 5.60 Å². The molecule has 32 heavy (non-hydrogen) atoms. The molecule has 2 saturated heterocycles. The molecule has 0 aliphatic carbocycles. The first-order valence-corrected chi connectivity index (χ1v) is 10.8. The second-order valence-corrected chi connectivity index (χ2v) is 8.57. The Labute approximate surface area is 192 Å². The van der Waals surface area contributed by atoms with Crippen LogP contribution in [-0.4, -0.2) is 69.0 Å². The zero-order chi connectivity index (χ0) is 22.7. The third-order valence-corrected chi connectivity index (χ3v) is 5.79. The number of hydrogen-bond donors (Lipinski definition) is 1. The van der Waals surface area contributed by atoms with Gasteiger partial charge in [-0.1, -0.05) is 17.7 Å². The van der Waals surface area contributed by atoms with Crippen molar-refractivity contribution in [1.82, 2.24) is 4.90 Å². The number of rotatable bonds is 5. The monoisotopic (exact) mass is 459 g/mol. The van der Waals surface area contributed by atoms with E-state index in [0.29, 0.717) is 48.4 Å². The molecule has 0 saturated carbocycles. The van der Waals surface area contributed by atoms with Crippen LogP contribution in [-0.2, 0) is 14.3 Å². The minimum atomic E-state index is -0.853. The molecule has 0 aromatic heterocycles. The average molecular weight is 460 g/mol. The van der Waals surface area contributed by atoms with Crippen molar-refractivity contribution in [1.29, 1.82) is 0 Å². The number of methoxy groups -OCH3 is 1. The Morgan fingerprint density at radius 2 is 2.00 bits per heavy atom. The summed E-state index contributed by atoms with van der Waals surface area (Å²) in [6.07, 6.45) is -0.438. The van der Waals surface area contributed by atoms with Gasteiger partial charge in [-0.2, -0.15) is 0 Å². The quantitative estimate of drug-likeness (QED) is 0.738. The van der Waals surface area contributed by atoms with E-state index in [4.69, 9.17) is 25.8 Å². The largest absolute Gasteiger partial charge is 0.495 e. The predicted molar refractivity (Wildman–Crippen MR) is 122 cm³/mol. The van der Waals surface area contributed by atoms with Gasteiger partial charge in [0.25, 0.3) is 0 Å². The molecule has 1 unspecified atom stereocenters. The van der Waals surface area contributed by atoms with E-state index in [1.54, 1.807) is 36.3 Å². The Morgan fingerprint density at radius 3 is 2.75 bits per heavy atom. The van der Waals surface area contributed by atoms with Crippen LogP contribution in [0, 0.1) is 6.92 Å². The molecule has 0 radical (unpaired) electrons. The normalized spacial score (nSPS) is 21.3. The van der Waals surface area contributed by atoms with Gasteiger partial charge in [0.2, 0.25) is 5.91 Å². The van der Waals surface area contributed by atoms with Gasteiger partial charge in [-0.25, -0.2) is 4.79 Å². The zero-order valence-corrected chi connectivity index (χ0v) is 18.9. The predicted octanol–water partition coefficient (Wildman–Crippen LogP) is 3.32. The van der Waals surface area contributed by atoms with Crippen LogP contribution in [0.2, 0.25) is 5.02 Å². The molecule has 4 rings (SSSR count). The van der Waals surface area contributed by atoms with E-state index in [-0.39, 0.29) is 19.1 Å². The Morgan fingerprint density at radius 1 is 1.22 bits per heavy atom. The minimum absolute atomic E-state index is 0.140. The fourth-order valence-corrected chi connectivity index (χ4v) is 4.16. The van der Waals surface area contributed by atoms with Crippen LogP contribution >= 0.6 is 11.6 Å². The number of nitrogens with zero attached hydrogens (tertiary/aromatic N) is 2. The second kappa shape index (κ2) is 9.36. The highest BCUT2D eigenvalue weighted by Crippen LogP contribution is 2.31. The molecule has 2 aromatic rings. The number of hydrogen-bond acceptors (Lipinski definition) is 6. The smallest absolute Gasteiger partial charge is 0.415 e. The molecule has 8 nitrogen and oxygen atoms in total. The van der Waals surface area contributed by atoms with Gasteiger partial charge in [0, 0.05) is 23.8 Å². The summed E-state index contributed by atoms with van der Waals surface area (Å²) >= 11 is 5.96. The van der Waals surface area contributed by atoms with Crippen LogP contribution in [0.15, 0.2) is 42.5 Å². The summed E-state index contributed by atoms with van der Waals surface area (Å²) in [6, 6.07) is 12.6. The van der Waals surface area contributed by atoms with Crippen LogP contribution in [0.1, 0.15) is 5.56 Å². The summed E-state index contributed by atoms with van der Waals surface area (Å²) < 4.78 is 16.9. The molecular weight excluding hydrogens is 434 g/mol. The zero-order valence-electron chi connectivity index (χ0n) is 18.1. The Kier molecular flexibility index (Phi) is 6.55. The molecule has 2 amide bonds. The Hall–Kier alpha value is -2.81. The van der Waals surface area contributed by atoms with Gasteiger partial charge in [-0.3, -0.25) is 14.6 Å². The van der Waals surface area contributed by atoms with Gasteiger partial charge < -0.3 is 19.5 Å². The highest BCUT2D eigenvalue weighted by molar-refractivity contribution is 6.30. The molecule has 2 aliphatic rings. The number of amides is 2. The van der Waals surface area contributed by atoms with Crippen LogP contribution < -0.4 is 15.0 Å². The molecule has 9 heteroatoms. The third-order valence-electron chi connectivity index (χ3n) is 5.53. The van der Waals surface area contributed by atoms with Crippen LogP contribution in [0.5, 0.6) is 5.75 Å². The molecule has 1 atom stereocenters. The van der Waals surface area contributed by atoms with Crippen molar-refractivity contribution in [3.8, 4) is 5.75 Å². The first-order valence-electron chi connectivity index (χ1n) is 10.4. The molecule has 2 aliphatic heterocycles. The van der Waals surface area contributed by atoms with Gasteiger partial charge >= 0.3 is 6.09 Å². The number of halogens is 1. The van der Waals surface area contributed by atoms with Crippen LogP contribution in [0.4, 0.5) is 16.2 Å². The SMILES string of the molecule is COc1ccc(C)cc1NC(=O)CN1CCOCC2(C1)CN(c1ccc(Cl)cc1)C(=O)O2. The van der Waals surface area contributed by atoms with Crippen molar-refractivity contribution in [3.05, 3.63) is 53.1 Å². The topological polar surface area (TPSA) is 80.3 Å².